The molecule has 2 atom stereocenters. The quantitative estimate of drug-likeness (QED) is 0.170. The smallest absolute Gasteiger partial charge is 0.504 e. The Balaban J connectivity index is -0.000000197. The van der Waals surface area contributed by atoms with Gasteiger partial charge in [-0.25, -0.2) is 0 Å². The summed E-state index contributed by atoms with van der Waals surface area (Å²) in [6, 6.07) is 0. The van der Waals surface area contributed by atoms with Gasteiger partial charge in [0.05, 0.1) is 26.6 Å². The van der Waals surface area contributed by atoms with Crippen LogP contribution in [0.15, 0.2) is 23.5 Å². The Kier molecular flexibility index (Phi) is 26.2. The van der Waals surface area contributed by atoms with Gasteiger partial charge in [-0.15, -0.1) is 0 Å². The van der Waals surface area contributed by atoms with Crippen LogP contribution in [0.2, 0.25) is 0 Å². The van der Waals surface area contributed by atoms with Crippen molar-refractivity contribution in [2.45, 2.75) is 67.7 Å². The second kappa shape index (κ2) is 23.2. The average Bonchev–Trinajstić information content (AvgIpc) is 2.80. The summed E-state index contributed by atoms with van der Waals surface area (Å²) in [5, 5.41) is 0. The third-order valence-corrected chi connectivity index (χ3v) is 7.57. The molecule has 9 heteroatoms. The van der Waals surface area contributed by atoms with Gasteiger partial charge in [0.25, 0.3) is 0 Å². The first-order chi connectivity index (χ1) is 16.0. The molecule has 0 aliphatic heterocycles. The van der Waals surface area contributed by atoms with Gasteiger partial charge in [0.1, 0.15) is 0 Å². The predicted octanol–water partition coefficient (Wildman–Crippen LogP) is 5.10. The number of hydrogen-bond donors (Lipinski definition) is 0. The van der Waals surface area contributed by atoms with Gasteiger partial charge < -0.3 is 21.8 Å². The zero-order chi connectivity index (χ0) is 26.6. The summed E-state index contributed by atoms with van der Waals surface area (Å²) < 4.78 is 24.7. The van der Waals surface area contributed by atoms with Gasteiger partial charge in [-0.2, -0.15) is 9.59 Å². The Hall–Kier alpha value is 0.0325. The molecule has 0 bridgehead atoms. The van der Waals surface area contributed by atoms with Crippen LogP contribution in [0.3, 0.4) is 0 Å². The maximum absolute atomic E-state index is 8.12. The van der Waals surface area contributed by atoms with E-state index in [4.69, 9.17) is 31.4 Å². The van der Waals surface area contributed by atoms with Crippen LogP contribution in [0.25, 0.3) is 0 Å². The molecule has 0 amide bonds. The minimum Gasteiger partial charge on any atom is -0.504 e. The maximum atomic E-state index is 8.12. The summed E-state index contributed by atoms with van der Waals surface area (Å²) in [6.07, 6.45) is 8.27. The van der Waals surface area contributed by atoms with Crippen LogP contribution in [0.4, 0.5) is 0 Å². The molecule has 2 fully saturated rings. The van der Waals surface area contributed by atoms with Crippen molar-refractivity contribution in [2.75, 3.05) is 47.8 Å². The van der Waals surface area contributed by atoms with Crippen molar-refractivity contribution >= 4 is 51.6 Å². The normalized spacial score (nSPS) is 22.7. The van der Waals surface area contributed by atoms with Crippen LogP contribution >= 0.6 is 0 Å². The first kappa shape index (κ1) is 39.5. The first-order valence-electron chi connectivity index (χ1n) is 11.9. The van der Waals surface area contributed by atoms with Crippen LogP contribution in [-0.2, 0) is 31.4 Å². The fourth-order valence-electron chi connectivity index (χ4n) is 3.41. The van der Waals surface area contributed by atoms with E-state index in [9.17, 15) is 0 Å². The standard InChI is InChI=1S/C10H18.C9H16O.2C3H7O2.CO2.Al.Na.H2/c1-5-6-9-7-8(2)10(9,3)4;1-7-5-8(6-10-4)9(7,2)3;2*1-5-3-2-4;2-1-3;;;/h6,8H,5,7H2,1-4H3;6-7H,5H2,1-4H3;2*2-3H2,1H3;;;;1H/q;;2*-1;;+2;;. The molecule has 2 saturated carbocycles. The van der Waals surface area contributed by atoms with E-state index < -0.39 is 0 Å². The van der Waals surface area contributed by atoms with E-state index in [1.54, 1.807) is 26.9 Å². The Labute approximate surface area is 244 Å². The molecule has 2 radical (unpaired) electrons. The van der Waals surface area contributed by atoms with E-state index in [0.29, 0.717) is 37.3 Å². The molecule has 35 heavy (non-hydrogen) atoms. The topological polar surface area (TPSA) is 80.3 Å². The Morgan fingerprint density at radius 1 is 0.886 bits per heavy atom. The third kappa shape index (κ3) is 16.5. The maximum Gasteiger partial charge on any atom is 0.668 e. The van der Waals surface area contributed by atoms with E-state index in [0.717, 1.165) is 11.8 Å². The molecular formula is C26H50AlNaO7. The predicted molar refractivity (Wildman–Crippen MR) is 143 cm³/mol. The molecule has 0 aromatic carbocycles. The summed E-state index contributed by atoms with van der Waals surface area (Å²) in [6.45, 7) is 18.5. The molecule has 0 saturated heterocycles. The van der Waals surface area contributed by atoms with E-state index in [2.05, 4.69) is 54.5 Å². The zero-order valence-corrected chi connectivity index (χ0v) is 27.3. The van der Waals surface area contributed by atoms with E-state index >= 15 is 0 Å². The average molecular weight is 525 g/mol. The van der Waals surface area contributed by atoms with Gasteiger partial charge >= 0.3 is 22.0 Å². The number of allylic oxidation sites excluding steroid dienone is 3. The molecule has 0 spiro atoms. The molecule has 0 aromatic heterocycles. The monoisotopic (exact) mass is 524 g/mol. The zero-order valence-electron chi connectivity index (χ0n) is 24.2. The molecule has 2 rings (SSSR count). The van der Waals surface area contributed by atoms with E-state index in [1.165, 1.54) is 24.8 Å². The molecule has 0 N–H and O–H groups in total. The molecule has 2 aliphatic rings. The SMILES string of the molecule is CCC=C1CC(C)C1(C)C.COC=C1CC(C)C1(C)C.COCC[O][Al][O]CCOC.O=C=O.[HH].[Na]. The summed E-state index contributed by atoms with van der Waals surface area (Å²) >= 11 is -0.349. The van der Waals surface area contributed by atoms with Gasteiger partial charge in [-0.3, -0.25) is 0 Å². The fraction of sp³-hybridized carbons (Fsp3) is 0.808. The van der Waals surface area contributed by atoms with Crippen LogP contribution in [0, 0.1) is 22.7 Å². The van der Waals surface area contributed by atoms with Crippen LogP contribution in [-0.4, -0.2) is 99.4 Å². The molecule has 0 heterocycles. The number of carbonyl (C=O) groups excluding carboxylic acids is 2. The van der Waals surface area contributed by atoms with E-state index in [-0.39, 0.29) is 53.0 Å². The summed E-state index contributed by atoms with van der Waals surface area (Å²) in [5.74, 6) is 1.71. The summed E-state index contributed by atoms with van der Waals surface area (Å²) in [7, 11) is 5.00. The van der Waals surface area contributed by atoms with Crippen molar-refractivity contribution in [3.05, 3.63) is 23.5 Å². The van der Waals surface area contributed by atoms with E-state index in [1.807, 2.05) is 6.26 Å². The molecule has 200 valence electrons. The number of hydrogen-bond acceptors (Lipinski definition) is 7. The van der Waals surface area contributed by atoms with Crippen molar-refractivity contribution in [3.63, 3.8) is 0 Å². The minimum atomic E-state index is -0.349. The second-order valence-electron chi connectivity index (χ2n) is 9.58. The number of rotatable bonds is 10. The molecular weight excluding hydrogens is 474 g/mol. The van der Waals surface area contributed by atoms with Crippen molar-refractivity contribution in [2.24, 2.45) is 22.7 Å². The van der Waals surface area contributed by atoms with Crippen molar-refractivity contribution in [1.29, 1.82) is 0 Å². The summed E-state index contributed by atoms with van der Waals surface area (Å²) in [5.41, 5.74) is 4.01. The van der Waals surface area contributed by atoms with Gasteiger partial charge in [0, 0.05) is 58.4 Å². The molecule has 2 aliphatic carbocycles. The van der Waals surface area contributed by atoms with Gasteiger partial charge in [0.15, 0.2) is 0 Å². The number of ether oxygens (including phenoxy) is 3. The summed E-state index contributed by atoms with van der Waals surface area (Å²) in [4.78, 5) is 16.2. The van der Waals surface area contributed by atoms with Crippen LogP contribution < -0.4 is 0 Å². The first-order valence-corrected chi connectivity index (χ1v) is 12.9. The fourth-order valence-corrected chi connectivity index (χ4v) is 3.89. The largest absolute Gasteiger partial charge is 0.668 e. The second-order valence-corrected chi connectivity index (χ2v) is 10.4. The Bertz CT molecular complexity index is 575. The van der Waals surface area contributed by atoms with Gasteiger partial charge in [-0.05, 0) is 47.5 Å². The van der Waals surface area contributed by atoms with Gasteiger partial charge in [0.2, 0.25) is 0 Å². The third-order valence-electron chi connectivity index (χ3n) is 6.83. The minimum absolute atomic E-state index is 0. The molecule has 7 nitrogen and oxygen atoms in total. The van der Waals surface area contributed by atoms with Crippen molar-refractivity contribution < 1.29 is 32.8 Å². The molecule has 0 aromatic rings. The van der Waals surface area contributed by atoms with Crippen molar-refractivity contribution in [3.8, 4) is 0 Å². The number of methoxy groups -OCH3 is 3. The molecule has 2 unspecified atom stereocenters. The Morgan fingerprint density at radius 2 is 1.29 bits per heavy atom. The van der Waals surface area contributed by atoms with Crippen LogP contribution in [0.1, 0.15) is 69.2 Å². The Morgan fingerprint density at radius 3 is 1.57 bits per heavy atom. The van der Waals surface area contributed by atoms with Gasteiger partial charge in [-0.1, -0.05) is 60.1 Å². The van der Waals surface area contributed by atoms with Crippen LogP contribution in [0.5, 0.6) is 0 Å². The van der Waals surface area contributed by atoms with Crippen molar-refractivity contribution in [1.82, 2.24) is 0 Å².